The second-order valence-electron chi connectivity index (χ2n) is 4.48. The molecular formula is C15H22N2O. The highest BCUT2D eigenvalue weighted by atomic mass is 16.5. The lowest BCUT2D eigenvalue weighted by atomic mass is 10.1. The molecule has 0 amide bonds. The van der Waals surface area contributed by atoms with Crippen LogP contribution in [0.25, 0.3) is 0 Å². The van der Waals surface area contributed by atoms with E-state index in [1.54, 1.807) is 7.11 Å². The van der Waals surface area contributed by atoms with E-state index in [1.165, 1.54) is 24.0 Å². The van der Waals surface area contributed by atoms with E-state index in [0.717, 1.165) is 31.7 Å². The minimum absolute atomic E-state index is 0.732. The van der Waals surface area contributed by atoms with E-state index in [-0.39, 0.29) is 0 Å². The summed E-state index contributed by atoms with van der Waals surface area (Å²) in [6, 6.07) is 8.01. The smallest absolute Gasteiger partial charge is 0.0991 e. The van der Waals surface area contributed by atoms with Crippen LogP contribution in [0.15, 0.2) is 18.2 Å². The average Bonchev–Trinajstić information content (AvgIpc) is 2.39. The van der Waals surface area contributed by atoms with E-state index in [9.17, 15) is 0 Å². The van der Waals surface area contributed by atoms with Gasteiger partial charge in [-0.1, -0.05) is 6.07 Å². The second-order valence-corrected chi connectivity index (χ2v) is 4.48. The van der Waals surface area contributed by atoms with Crippen molar-refractivity contribution in [2.24, 2.45) is 0 Å². The number of nitrogens with one attached hydrogen (secondary N) is 1. The Balaban J connectivity index is 2.21. The average molecular weight is 246 g/mol. The van der Waals surface area contributed by atoms with Gasteiger partial charge < -0.3 is 10.1 Å². The van der Waals surface area contributed by atoms with Crippen LogP contribution in [0.2, 0.25) is 0 Å². The fourth-order valence-corrected chi connectivity index (χ4v) is 1.86. The molecule has 18 heavy (non-hydrogen) atoms. The Kier molecular flexibility index (Phi) is 7.09. The third-order valence-corrected chi connectivity index (χ3v) is 2.99. The van der Waals surface area contributed by atoms with Gasteiger partial charge in [0.05, 0.1) is 11.6 Å². The van der Waals surface area contributed by atoms with Crippen LogP contribution in [0, 0.1) is 18.3 Å². The van der Waals surface area contributed by atoms with Crippen LogP contribution in [-0.2, 0) is 11.3 Å². The zero-order chi connectivity index (χ0) is 13.2. The van der Waals surface area contributed by atoms with E-state index in [0.29, 0.717) is 0 Å². The molecule has 3 heteroatoms. The van der Waals surface area contributed by atoms with Gasteiger partial charge in [0.25, 0.3) is 0 Å². The highest BCUT2D eigenvalue weighted by Gasteiger charge is 1.99. The molecule has 0 saturated carbocycles. The van der Waals surface area contributed by atoms with Crippen molar-refractivity contribution in [1.29, 1.82) is 5.26 Å². The van der Waals surface area contributed by atoms with Crippen LogP contribution in [-0.4, -0.2) is 20.3 Å². The van der Waals surface area contributed by atoms with Crippen LogP contribution in [0.4, 0.5) is 0 Å². The molecule has 1 aromatic carbocycles. The summed E-state index contributed by atoms with van der Waals surface area (Å²) in [6.07, 6.45) is 3.51. The molecule has 3 nitrogen and oxygen atoms in total. The molecule has 0 radical (unpaired) electrons. The number of aryl methyl sites for hydroxylation is 1. The molecule has 0 aliphatic heterocycles. The zero-order valence-corrected chi connectivity index (χ0v) is 11.3. The summed E-state index contributed by atoms with van der Waals surface area (Å²) in [5.74, 6) is 0. The van der Waals surface area contributed by atoms with E-state index in [1.807, 2.05) is 18.2 Å². The van der Waals surface area contributed by atoms with Crippen LogP contribution in [0.1, 0.15) is 36.0 Å². The number of ether oxygens (including phenoxy) is 1. The van der Waals surface area contributed by atoms with Crippen LogP contribution >= 0.6 is 0 Å². The molecule has 1 rings (SSSR count). The lowest BCUT2D eigenvalue weighted by molar-refractivity contribution is 0.192. The minimum Gasteiger partial charge on any atom is -0.385 e. The molecular weight excluding hydrogens is 224 g/mol. The van der Waals surface area contributed by atoms with Crippen LogP contribution in [0.5, 0.6) is 0 Å². The zero-order valence-electron chi connectivity index (χ0n) is 11.3. The molecule has 0 spiro atoms. The molecule has 0 unspecified atom stereocenters. The summed E-state index contributed by atoms with van der Waals surface area (Å²) in [5.41, 5.74) is 3.18. The summed E-state index contributed by atoms with van der Waals surface area (Å²) < 4.78 is 5.01. The molecule has 0 fully saturated rings. The monoisotopic (exact) mass is 246 g/mol. The largest absolute Gasteiger partial charge is 0.385 e. The normalized spacial score (nSPS) is 10.3. The summed E-state index contributed by atoms with van der Waals surface area (Å²) in [7, 11) is 1.74. The summed E-state index contributed by atoms with van der Waals surface area (Å²) in [4.78, 5) is 0. The number of benzene rings is 1. The van der Waals surface area contributed by atoms with Gasteiger partial charge in [-0.25, -0.2) is 0 Å². The fourth-order valence-electron chi connectivity index (χ4n) is 1.86. The predicted molar refractivity (Wildman–Crippen MR) is 73.3 cm³/mol. The first-order valence-corrected chi connectivity index (χ1v) is 6.47. The molecule has 98 valence electrons. The fraction of sp³-hybridized carbons (Fsp3) is 0.533. The Morgan fingerprint density at radius 2 is 2.11 bits per heavy atom. The molecule has 0 atom stereocenters. The van der Waals surface area contributed by atoms with Gasteiger partial charge in [-0.3, -0.25) is 0 Å². The molecule has 0 aromatic heterocycles. The Labute approximate surface area is 110 Å². The molecule has 0 bridgehead atoms. The Hall–Kier alpha value is -1.37. The first-order chi connectivity index (χ1) is 8.77. The quantitative estimate of drug-likeness (QED) is 0.717. The van der Waals surface area contributed by atoms with Gasteiger partial charge >= 0.3 is 0 Å². The topological polar surface area (TPSA) is 45.0 Å². The summed E-state index contributed by atoms with van der Waals surface area (Å²) in [6.45, 7) is 4.82. The number of nitrogens with zero attached hydrogens (tertiary/aromatic N) is 1. The standard InChI is InChI=1S/C15H22N2O/c1-13-10-14(11-16)6-7-15(13)12-17-8-4-3-5-9-18-2/h6-7,10,17H,3-5,8-9,12H2,1-2H3. The minimum atomic E-state index is 0.732. The predicted octanol–water partition coefficient (Wildman–Crippen LogP) is 2.77. The van der Waals surface area contributed by atoms with Crippen molar-refractivity contribution in [3.63, 3.8) is 0 Å². The number of methoxy groups -OCH3 is 1. The van der Waals surface area contributed by atoms with Gasteiger partial charge in [0.15, 0.2) is 0 Å². The van der Waals surface area contributed by atoms with Gasteiger partial charge in [0, 0.05) is 20.3 Å². The van der Waals surface area contributed by atoms with Crippen molar-refractivity contribution in [2.45, 2.75) is 32.7 Å². The van der Waals surface area contributed by atoms with Crippen LogP contribution < -0.4 is 5.32 Å². The molecule has 0 heterocycles. The van der Waals surface area contributed by atoms with Gasteiger partial charge in [-0.05, 0) is 56.0 Å². The molecule has 0 aliphatic rings. The maximum Gasteiger partial charge on any atom is 0.0991 e. The SMILES string of the molecule is COCCCCCNCc1ccc(C#N)cc1C. The van der Waals surface area contributed by atoms with Crippen molar-refractivity contribution < 1.29 is 4.74 Å². The number of unbranched alkanes of at least 4 members (excludes halogenated alkanes) is 2. The number of rotatable bonds is 8. The lowest BCUT2D eigenvalue weighted by Crippen LogP contribution is -2.15. The molecule has 1 N–H and O–H groups in total. The summed E-state index contributed by atoms with van der Waals surface area (Å²) in [5, 5.41) is 12.2. The third-order valence-electron chi connectivity index (χ3n) is 2.99. The van der Waals surface area contributed by atoms with Crippen molar-refractivity contribution in [3.8, 4) is 6.07 Å². The van der Waals surface area contributed by atoms with Crippen molar-refractivity contribution in [1.82, 2.24) is 5.32 Å². The van der Waals surface area contributed by atoms with Crippen molar-refractivity contribution >= 4 is 0 Å². The first-order valence-electron chi connectivity index (χ1n) is 6.47. The molecule has 0 saturated heterocycles. The van der Waals surface area contributed by atoms with E-state index in [2.05, 4.69) is 18.3 Å². The number of nitriles is 1. The van der Waals surface area contributed by atoms with E-state index >= 15 is 0 Å². The van der Waals surface area contributed by atoms with Gasteiger partial charge in [-0.15, -0.1) is 0 Å². The van der Waals surface area contributed by atoms with Crippen molar-refractivity contribution in [2.75, 3.05) is 20.3 Å². The Morgan fingerprint density at radius 1 is 1.28 bits per heavy atom. The van der Waals surface area contributed by atoms with E-state index in [4.69, 9.17) is 10.00 Å². The Bertz CT molecular complexity index is 396. The third kappa shape index (κ3) is 5.31. The number of hydrogen-bond donors (Lipinski definition) is 1. The van der Waals surface area contributed by atoms with Gasteiger partial charge in [0.2, 0.25) is 0 Å². The van der Waals surface area contributed by atoms with Gasteiger partial charge in [-0.2, -0.15) is 5.26 Å². The molecule has 0 aliphatic carbocycles. The lowest BCUT2D eigenvalue weighted by Gasteiger charge is -2.08. The van der Waals surface area contributed by atoms with Crippen molar-refractivity contribution in [3.05, 3.63) is 34.9 Å². The highest BCUT2D eigenvalue weighted by Crippen LogP contribution is 2.10. The Morgan fingerprint density at radius 3 is 2.78 bits per heavy atom. The second kappa shape index (κ2) is 8.68. The molecule has 1 aromatic rings. The number of hydrogen-bond acceptors (Lipinski definition) is 3. The summed E-state index contributed by atoms with van der Waals surface area (Å²) >= 11 is 0. The maximum absolute atomic E-state index is 8.79. The van der Waals surface area contributed by atoms with E-state index < -0.39 is 0 Å². The first kappa shape index (κ1) is 14.7. The maximum atomic E-state index is 8.79. The van der Waals surface area contributed by atoms with Crippen LogP contribution in [0.3, 0.4) is 0 Å². The van der Waals surface area contributed by atoms with Gasteiger partial charge in [0.1, 0.15) is 0 Å². The highest BCUT2D eigenvalue weighted by molar-refractivity contribution is 5.37.